The molecular weight excluding hydrogens is 384 g/mol. The monoisotopic (exact) mass is 404 g/mol. The van der Waals surface area contributed by atoms with E-state index in [1.807, 2.05) is 6.07 Å². The fourth-order valence-corrected chi connectivity index (χ4v) is 3.16. The molecule has 0 unspecified atom stereocenters. The van der Waals surface area contributed by atoms with E-state index in [2.05, 4.69) is 10.4 Å². The minimum absolute atomic E-state index is 0.0864. The summed E-state index contributed by atoms with van der Waals surface area (Å²) in [4.78, 5) is 39.2. The normalized spacial score (nSPS) is 13.7. The van der Waals surface area contributed by atoms with Gasteiger partial charge in [-0.1, -0.05) is 24.3 Å². The molecular formula is C22H20N4O4. The number of carbonyl (C=O) groups excluding carboxylic acids is 2. The summed E-state index contributed by atoms with van der Waals surface area (Å²) in [5.74, 6) is -0.583. The molecule has 1 aromatic heterocycles. The number of benzene rings is 2. The Labute approximate surface area is 172 Å². The Kier molecular flexibility index (Phi) is 5.67. The maximum Gasteiger partial charge on any atom is 0.276 e. The highest BCUT2D eigenvalue weighted by Crippen LogP contribution is 2.15. The SMILES string of the molecule is O=C(Nc1cccc(C(=O)N2CCOCC2)c1)c1ccc(=O)n(-c2ccccc2)n1. The van der Waals surface area contributed by atoms with Crippen molar-refractivity contribution in [1.82, 2.24) is 14.7 Å². The van der Waals surface area contributed by atoms with Crippen LogP contribution < -0.4 is 10.9 Å². The van der Waals surface area contributed by atoms with Crippen LogP contribution in [0.25, 0.3) is 5.69 Å². The summed E-state index contributed by atoms with van der Waals surface area (Å²) in [7, 11) is 0. The second kappa shape index (κ2) is 8.71. The van der Waals surface area contributed by atoms with Crippen molar-refractivity contribution < 1.29 is 14.3 Å². The zero-order valence-corrected chi connectivity index (χ0v) is 16.2. The van der Waals surface area contributed by atoms with E-state index in [1.54, 1.807) is 53.4 Å². The number of rotatable bonds is 4. The van der Waals surface area contributed by atoms with Crippen molar-refractivity contribution in [3.63, 3.8) is 0 Å². The Morgan fingerprint density at radius 3 is 2.47 bits per heavy atom. The molecule has 2 aromatic carbocycles. The predicted molar refractivity (Wildman–Crippen MR) is 111 cm³/mol. The van der Waals surface area contributed by atoms with Crippen LogP contribution in [0, 0.1) is 0 Å². The zero-order chi connectivity index (χ0) is 20.9. The molecule has 3 aromatic rings. The van der Waals surface area contributed by atoms with Crippen molar-refractivity contribution in [2.75, 3.05) is 31.6 Å². The Balaban J connectivity index is 1.53. The first-order valence-corrected chi connectivity index (χ1v) is 9.56. The summed E-state index contributed by atoms with van der Waals surface area (Å²) < 4.78 is 6.45. The second-order valence-electron chi connectivity index (χ2n) is 6.74. The lowest BCUT2D eigenvalue weighted by Gasteiger charge is -2.27. The van der Waals surface area contributed by atoms with E-state index in [0.29, 0.717) is 43.2 Å². The van der Waals surface area contributed by atoms with Gasteiger partial charge in [0, 0.05) is 30.4 Å². The van der Waals surface area contributed by atoms with E-state index >= 15 is 0 Å². The molecule has 0 bridgehead atoms. The maximum absolute atomic E-state index is 12.7. The number of anilines is 1. The molecule has 0 atom stereocenters. The van der Waals surface area contributed by atoms with Gasteiger partial charge in [0.05, 0.1) is 18.9 Å². The number of para-hydroxylation sites is 1. The Morgan fingerprint density at radius 1 is 0.933 bits per heavy atom. The van der Waals surface area contributed by atoms with Gasteiger partial charge >= 0.3 is 0 Å². The van der Waals surface area contributed by atoms with E-state index in [1.165, 1.54) is 16.8 Å². The number of hydrogen-bond donors (Lipinski definition) is 1. The second-order valence-corrected chi connectivity index (χ2v) is 6.74. The lowest BCUT2D eigenvalue weighted by Crippen LogP contribution is -2.40. The molecule has 8 heteroatoms. The van der Waals surface area contributed by atoms with Crippen molar-refractivity contribution in [3.8, 4) is 5.69 Å². The number of ether oxygens (including phenoxy) is 1. The van der Waals surface area contributed by atoms with E-state index in [4.69, 9.17) is 4.74 Å². The van der Waals surface area contributed by atoms with Gasteiger partial charge in [-0.15, -0.1) is 0 Å². The van der Waals surface area contributed by atoms with Crippen LogP contribution in [-0.2, 0) is 4.74 Å². The minimum Gasteiger partial charge on any atom is -0.378 e. The third-order valence-corrected chi connectivity index (χ3v) is 4.70. The molecule has 0 saturated carbocycles. The minimum atomic E-state index is -0.476. The number of amides is 2. The van der Waals surface area contributed by atoms with Gasteiger partial charge in [0.1, 0.15) is 5.69 Å². The number of carbonyl (C=O) groups is 2. The summed E-state index contributed by atoms with van der Waals surface area (Å²) in [6, 6.07) is 18.3. The quantitative estimate of drug-likeness (QED) is 0.718. The molecule has 1 aliphatic rings. The van der Waals surface area contributed by atoms with E-state index in [0.717, 1.165) is 0 Å². The van der Waals surface area contributed by atoms with Crippen molar-refractivity contribution in [2.24, 2.45) is 0 Å². The molecule has 4 rings (SSSR count). The maximum atomic E-state index is 12.7. The topological polar surface area (TPSA) is 93.5 Å². The molecule has 8 nitrogen and oxygen atoms in total. The highest BCUT2D eigenvalue weighted by atomic mass is 16.5. The number of nitrogens with zero attached hydrogens (tertiary/aromatic N) is 3. The van der Waals surface area contributed by atoms with Crippen molar-refractivity contribution in [2.45, 2.75) is 0 Å². The molecule has 1 fully saturated rings. The van der Waals surface area contributed by atoms with Gasteiger partial charge in [0.2, 0.25) is 0 Å². The molecule has 2 amide bonds. The van der Waals surface area contributed by atoms with Gasteiger partial charge in [-0.25, -0.2) is 0 Å². The number of morpholine rings is 1. The molecule has 0 aliphatic carbocycles. The summed E-state index contributed by atoms with van der Waals surface area (Å²) in [6.45, 7) is 2.12. The van der Waals surface area contributed by atoms with Gasteiger partial charge in [0.25, 0.3) is 17.4 Å². The fourth-order valence-electron chi connectivity index (χ4n) is 3.16. The Bertz CT molecular complexity index is 1120. The molecule has 1 N–H and O–H groups in total. The first kappa shape index (κ1) is 19.5. The van der Waals surface area contributed by atoms with Crippen molar-refractivity contribution in [3.05, 3.63) is 88.3 Å². The third kappa shape index (κ3) is 4.28. The summed E-state index contributed by atoms with van der Waals surface area (Å²) in [5.41, 5.74) is 1.27. The summed E-state index contributed by atoms with van der Waals surface area (Å²) in [5, 5.41) is 6.91. The number of nitrogens with one attached hydrogen (secondary N) is 1. The van der Waals surface area contributed by atoms with Gasteiger partial charge in [-0.05, 0) is 36.4 Å². The molecule has 0 radical (unpaired) electrons. The van der Waals surface area contributed by atoms with E-state index < -0.39 is 5.91 Å². The fraction of sp³-hybridized carbons (Fsp3) is 0.182. The molecule has 2 heterocycles. The van der Waals surface area contributed by atoms with E-state index in [9.17, 15) is 14.4 Å². The number of hydrogen-bond acceptors (Lipinski definition) is 5. The molecule has 30 heavy (non-hydrogen) atoms. The average molecular weight is 404 g/mol. The van der Waals surface area contributed by atoms with Crippen LogP contribution in [0.15, 0.2) is 71.5 Å². The van der Waals surface area contributed by atoms with Gasteiger partial charge in [0.15, 0.2) is 0 Å². The zero-order valence-electron chi connectivity index (χ0n) is 16.2. The number of aromatic nitrogens is 2. The summed E-state index contributed by atoms with van der Waals surface area (Å²) >= 11 is 0. The van der Waals surface area contributed by atoms with Gasteiger partial charge < -0.3 is 15.0 Å². The Morgan fingerprint density at radius 2 is 1.70 bits per heavy atom. The van der Waals surface area contributed by atoms with Crippen LogP contribution in [0.2, 0.25) is 0 Å². The Hall–Kier alpha value is -3.78. The molecule has 152 valence electrons. The van der Waals surface area contributed by atoms with Crippen molar-refractivity contribution >= 4 is 17.5 Å². The van der Waals surface area contributed by atoms with E-state index in [-0.39, 0.29) is 17.2 Å². The van der Waals surface area contributed by atoms with Crippen LogP contribution in [0.3, 0.4) is 0 Å². The van der Waals surface area contributed by atoms with Crippen LogP contribution in [0.4, 0.5) is 5.69 Å². The van der Waals surface area contributed by atoms with Crippen LogP contribution in [0.5, 0.6) is 0 Å². The van der Waals surface area contributed by atoms with Gasteiger partial charge in [-0.2, -0.15) is 9.78 Å². The summed E-state index contributed by atoms with van der Waals surface area (Å²) in [6.07, 6.45) is 0. The molecule has 1 saturated heterocycles. The molecule has 1 aliphatic heterocycles. The van der Waals surface area contributed by atoms with Crippen molar-refractivity contribution in [1.29, 1.82) is 0 Å². The first-order chi connectivity index (χ1) is 14.6. The highest BCUT2D eigenvalue weighted by Gasteiger charge is 2.19. The van der Waals surface area contributed by atoms with Crippen LogP contribution in [-0.4, -0.2) is 52.8 Å². The predicted octanol–water partition coefficient (Wildman–Crippen LogP) is 1.96. The van der Waals surface area contributed by atoms with Crippen LogP contribution in [0.1, 0.15) is 20.8 Å². The highest BCUT2D eigenvalue weighted by molar-refractivity contribution is 6.03. The third-order valence-electron chi connectivity index (χ3n) is 4.70. The lowest BCUT2D eigenvalue weighted by atomic mass is 10.1. The first-order valence-electron chi connectivity index (χ1n) is 9.56. The lowest BCUT2D eigenvalue weighted by molar-refractivity contribution is 0.0303. The smallest absolute Gasteiger partial charge is 0.276 e. The average Bonchev–Trinajstić information content (AvgIpc) is 2.80. The molecule has 0 spiro atoms. The largest absolute Gasteiger partial charge is 0.378 e. The van der Waals surface area contributed by atoms with Crippen LogP contribution >= 0.6 is 0 Å². The van der Waals surface area contributed by atoms with Gasteiger partial charge in [-0.3, -0.25) is 14.4 Å². The standard InChI is InChI=1S/C22H20N4O4/c27-20-10-9-19(24-26(20)18-7-2-1-3-8-18)21(28)23-17-6-4-5-16(15-17)22(29)25-11-13-30-14-12-25/h1-10,15H,11-14H2,(H,23,28).